The summed E-state index contributed by atoms with van der Waals surface area (Å²) in [6.45, 7) is 6.75. The molecule has 3 unspecified atom stereocenters. The summed E-state index contributed by atoms with van der Waals surface area (Å²) in [5, 5.41) is 6.96. The van der Waals surface area contributed by atoms with E-state index in [2.05, 4.69) is 20.4 Å². The molecule has 3 atom stereocenters. The van der Waals surface area contributed by atoms with E-state index in [4.69, 9.17) is 8.94 Å². The number of fused-ring (bicyclic) bond motifs is 1. The molecule has 1 saturated carbocycles. The van der Waals surface area contributed by atoms with Crippen LogP contribution in [0.4, 0.5) is 0 Å². The highest BCUT2D eigenvalue weighted by Gasteiger charge is 2.58. The highest BCUT2D eigenvalue weighted by molar-refractivity contribution is 5.91. The molecule has 2 aromatic heterocycles. The monoisotopic (exact) mass is 373 g/mol. The minimum absolute atomic E-state index is 0.0592. The normalized spacial score (nSPS) is 27.2. The number of likely N-dealkylation sites (tertiary alicyclic amines) is 1. The summed E-state index contributed by atoms with van der Waals surface area (Å²) in [5.41, 5.74) is -0.425. The molecule has 0 bridgehead atoms. The molecule has 2 amide bonds. The van der Waals surface area contributed by atoms with Gasteiger partial charge in [-0.05, 0) is 25.7 Å². The number of nitrogens with zero attached hydrogens (tertiary/aromatic N) is 4. The lowest BCUT2D eigenvalue weighted by Crippen LogP contribution is -2.40. The van der Waals surface area contributed by atoms with E-state index in [0.717, 1.165) is 6.42 Å². The zero-order valence-electron chi connectivity index (χ0n) is 15.6. The molecule has 9 nitrogen and oxygen atoms in total. The van der Waals surface area contributed by atoms with Crippen LogP contribution in [-0.4, -0.2) is 51.0 Å². The Morgan fingerprint density at radius 2 is 2.22 bits per heavy atom. The molecule has 2 aromatic rings. The van der Waals surface area contributed by atoms with Crippen LogP contribution in [0.25, 0.3) is 0 Å². The first-order chi connectivity index (χ1) is 12.9. The van der Waals surface area contributed by atoms with Crippen LogP contribution in [0.5, 0.6) is 0 Å². The molecular formula is C18H23N5O4. The second-order valence-electron chi connectivity index (χ2n) is 7.85. The fourth-order valence-electron chi connectivity index (χ4n) is 4.43. The van der Waals surface area contributed by atoms with Crippen molar-refractivity contribution >= 4 is 11.8 Å². The predicted octanol–water partition coefficient (Wildman–Crippen LogP) is 1.31. The van der Waals surface area contributed by atoms with Gasteiger partial charge in [-0.25, -0.2) is 4.98 Å². The van der Waals surface area contributed by atoms with Gasteiger partial charge in [0.05, 0.1) is 11.6 Å². The summed E-state index contributed by atoms with van der Waals surface area (Å²) in [6, 6.07) is -0.0592. The molecule has 4 rings (SSSR count). The van der Waals surface area contributed by atoms with Gasteiger partial charge in [0.1, 0.15) is 0 Å². The largest absolute Gasteiger partial charge is 0.438 e. The first-order valence-corrected chi connectivity index (χ1v) is 9.18. The molecule has 9 heteroatoms. The van der Waals surface area contributed by atoms with Crippen molar-refractivity contribution in [3.8, 4) is 0 Å². The highest BCUT2D eigenvalue weighted by Crippen LogP contribution is 2.50. The molecule has 0 spiro atoms. The van der Waals surface area contributed by atoms with Crippen LogP contribution in [0, 0.1) is 18.8 Å². The standard InChI is InChI=1S/C18H23N5O4/c1-10(2)16(25)23-7-12-4-13(21-15(24)14-6-19-9-26-14)5-18(12,8-23)17-20-11(3)22-27-17/h6,9-10,12-13H,4-5,7-8H2,1-3H3,(H,21,24). The Morgan fingerprint density at radius 3 is 2.85 bits per heavy atom. The summed E-state index contributed by atoms with van der Waals surface area (Å²) in [4.78, 5) is 35.0. The Hall–Kier alpha value is -2.71. The number of carbonyl (C=O) groups is 2. The van der Waals surface area contributed by atoms with Crippen molar-refractivity contribution in [2.45, 2.75) is 45.1 Å². The minimum Gasteiger partial charge on any atom is -0.438 e. The van der Waals surface area contributed by atoms with Gasteiger partial charge in [0.2, 0.25) is 17.6 Å². The topological polar surface area (TPSA) is 114 Å². The van der Waals surface area contributed by atoms with Crippen LogP contribution >= 0.6 is 0 Å². The van der Waals surface area contributed by atoms with Gasteiger partial charge in [-0.15, -0.1) is 0 Å². The van der Waals surface area contributed by atoms with E-state index >= 15 is 0 Å². The average Bonchev–Trinajstić information content (AvgIpc) is 3.36. The van der Waals surface area contributed by atoms with Gasteiger partial charge in [0.15, 0.2) is 12.2 Å². The molecule has 1 saturated heterocycles. The van der Waals surface area contributed by atoms with E-state index in [1.165, 1.54) is 12.6 Å². The van der Waals surface area contributed by atoms with E-state index in [0.29, 0.717) is 31.2 Å². The third kappa shape index (κ3) is 3.00. The van der Waals surface area contributed by atoms with E-state index in [1.807, 2.05) is 18.7 Å². The van der Waals surface area contributed by atoms with Gasteiger partial charge in [-0.1, -0.05) is 19.0 Å². The highest BCUT2D eigenvalue weighted by atomic mass is 16.5. The first kappa shape index (κ1) is 17.7. The van der Waals surface area contributed by atoms with Crippen molar-refractivity contribution < 1.29 is 18.5 Å². The number of rotatable bonds is 4. The maximum atomic E-state index is 12.5. The van der Waals surface area contributed by atoms with Crippen molar-refractivity contribution in [2.75, 3.05) is 13.1 Å². The van der Waals surface area contributed by atoms with Gasteiger partial charge in [0, 0.05) is 25.0 Å². The Balaban J connectivity index is 1.57. The second-order valence-corrected chi connectivity index (χ2v) is 7.85. The van der Waals surface area contributed by atoms with E-state index in [-0.39, 0.29) is 35.5 Å². The molecule has 1 N–H and O–H groups in total. The molecule has 2 fully saturated rings. The van der Waals surface area contributed by atoms with Crippen molar-refractivity contribution in [1.29, 1.82) is 0 Å². The Kier molecular flexibility index (Phi) is 4.24. The fourth-order valence-corrected chi connectivity index (χ4v) is 4.43. The number of aromatic nitrogens is 3. The van der Waals surface area contributed by atoms with Crippen LogP contribution < -0.4 is 5.32 Å². The SMILES string of the molecule is Cc1noc(C23CC(NC(=O)c4cnco4)CC2CN(C(=O)C(C)C)C3)n1. The van der Waals surface area contributed by atoms with Crippen molar-refractivity contribution in [3.05, 3.63) is 30.1 Å². The molecule has 0 aromatic carbocycles. The molecule has 0 radical (unpaired) electrons. The third-order valence-corrected chi connectivity index (χ3v) is 5.63. The van der Waals surface area contributed by atoms with Crippen LogP contribution in [0.3, 0.4) is 0 Å². The summed E-state index contributed by atoms with van der Waals surface area (Å²) in [5.74, 6) is 1.24. The Labute approximate surface area is 156 Å². The number of hydrogen-bond acceptors (Lipinski definition) is 7. The van der Waals surface area contributed by atoms with Gasteiger partial charge >= 0.3 is 0 Å². The predicted molar refractivity (Wildman–Crippen MR) is 92.6 cm³/mol. The summed E-state index contributed by atoms with van der Waals surface area (Å²) in [6.07, 6.45) is 4.01. The van der Waals surface area contributed by atoms with Crippen molar-refractivity contribution in [2.24, 2.45) is 11.8 Å². The average molecular weight is 373 g/mol. The lowest BCUT2D eigenvalue weighted by atomic mass is 9.80. The van der Waals surface area contributed by atoms with Crippen LogP contribution in [0.1, 0.15) is 49.0 Å². The lowest BCUT2D eigenvalue weighted by molar-refractivity contribution is -0.133. The van der Waals surface area contributed by atoms with E-state index < -0.39 is 5.41 Å². The maximum Gasteiger partial charge on any atom is 0.288 e. The zero-order chi connectivity index (χ0) is 19.2. The molecule has 144 valence electrons. The van der Waals surface area contributed by atoms with E-state index in [1.54, 1.807) is 6.92 Å². The second kappa shape index (κ2) is 6.47. The minimum atomic E-state index is -0.425. The van der Waals surface area contributed by atoms with Gasteiger partial charge in [0.25, 0.3) is 5.91 Å². The number of carbonyl (C=O) groups excluding carboxylic acids is 2. The van der Waals surface area contributed by atoms with Gasteiger partial charge in [-0.3, -0.25) is 9.59 Å². The fraction of sp³-hybridized carbons (Fsp3) is 0.611. The van der Waals surface area contributed by atoms with Gasteiger partial charge in [-0.2, -0.15) is 4.98 Å². The smallest absolute Gasteiger partial charge is 0.288 e. The molecule has 1 aliphatic carbocycles. The molecular weight excluding hydrogens is 350 g/mol. The quantitative estimate of drug-likeness (QED) is 0.859. The zero-order valence-corrected chi connectivity index (χ0v) is 15.6. The first-order valence-electron chi connectivity index (χ1n) is 9.18. The van der Waals surface area contributed by atoms with Crippen LogP contribution in [0.15, 0.2) is 21.5 Å². The molecule has 1 aliphatic heterocycles. The maximum absolute atomic E-state index is 12.5. The van der Waals surface area contributed by atoms with Gasteiger partial charge < -0.3 is 19.2 Å². The third-order valence-electron chi connectivity index (χ3n) is 5.63. The summed E-state index contributed by atoms with van der Waals surface area (Å²) in [7, 11) is 0. The molecule has 2 aliphatic rings. The molecule has 27 heavy (non-hydrogen) atoms. The Morgan fingerprint density at radius 1 is 1.41 bits per heavy atom. The number of hydrogen-bond donors (Lipinski definition) is 1. The van der Waals surface area contributed by atoms with E-state index in [9.17, 15) is 9.59 Å². The number of aryl methyl sites for hydroxylation is 1. The number of oxazole rings is 1. The number of amides is 2. The Bertz CT molecular complexity index is 846. The molecule has 3 heterocycles. The van der Waals surface area contributed by atoms with Crippen LogP contribution in [0.2, 0.25) is 0 Å². The van der Waals surface area contributed by atoms with Crippen LogP contribution in [-0.2, 0) is 10.2 Å². The van der Waals surface area contributed by atoms with Crippen molar-refractivity contribution in [3.63, 3.8) is 0 Å². The van der Waals surface area contributed by atoms with Crippen molar-refractivity contribution in [1.82, 2.24) is 25.3 Å². The number of nitrogens with one attached hydrogen (secondary N) is 1. The summed E-state index contributed by atoms with van der Waals surface area (Å²) >= 11 is 0. The lowest BCUT2D eigenvalue weighted by Gasteiger charge is -2.26. The summed E-state index contributed by atoms with van der Waals surface area (Å²) < 4.78 is 10.6.